The Hall–Kier alpha value is -2.11. The SMILES string of the molecule is C=CCn1c(SCc2ccccc2F)nc2ccc(Cl)cc2c1=O. The highest BCUT2D eigenvalue weighted by atomic mass is 35.5. The van der Waals surface area contributed by atoms with Crippen molar-refractivity contribution >= 4 is 34.3 Å². The average molecular weight is 361 g/mol. The van der Waals surface area contributed by atoms with Gasteiger partial charge in [-0.1, -0.05) is 47.6 Å². The van der Waals surface area contributed by atoms with Crippen molar-refractivity contribution in [3.63, 3.8) is 0 Å². The van der Waals surface area contributed by atoms with Crippen molar-refractivity contribution < 1.29 is 4.39 Å². The molecule has 0 bridgehead atoms. The molecule has 3 nitrogen and oxygen atoms in total. The van der Waals surface area contributed by atoms with Crippen molar-refractivity contribution in [2.24, 2.45) is 0 Å². The highest BCUT2D eigenvalue weighted by Crippen LogP contribution is 2.24. The summed E-state index contributed by atoms with van der Waals surface area (Å²) >= 11 is 7.29. The number of benzene rings is 2. The van der Waals surface area contributed by atoms with Crippen LogP contribution in [0.2, 0.25) is 5.02 Å². The Morgan fingerprint density at radius 3 is 2.83 bits per heavy atom. The van der Waals surface area contributed by atoms with Gasteiger partial charge in [-0.05, 0) is 29.8 Å². The molecule has 6 heteroatoms. The van der Waals surface area contributed by atoms with Gasteiger partial charge in [-0.3, -0.25) is 9.36 Å². The van der Waals surface area contributed by atoms with E-state index < -0.39 is 0 Å². The van der Waals surface area contributed by atoms with E-state index in [1.165, 1.54) is 22.4 Å². The van der Waals surface area contributed by atoms with Crippen LogP contribution in [0.1, 0.15) is 5.56 Å². The predicted octanol–water partition coefficient (Wildman–Crippen LogP) is 4.67. The lowest BCUT2D eigenvalue weighted by molar-refractivity contribution is 0.617. The van der Waals surface area contributed by atoms with Gasteiger partial charge in [0.2, 0.25) is 0 Å². The Bertz CT molecular complexity index is 971. The highest BCUT2D eigenvalue weighted by Gasteiger charge is 2.12. The molecule has 122 valence electrons. The van der Waals surface area contributed by atoms with Crippen LogP contribution in [0.25, 0.3) is 10.9 Å². The molecule has 0 aliphatic carbocycles. The number of aromatic nitrogens is 2. The van der Waals surface area contributed by atoms with Gasteiger partial charge in [0, 0.05) is 17.3 Å². The van der Waals surface area contributed by atoms with E-state index in [0.717, 1.165) is 0 Å². The first-order valence-corrected chi connectivity index (χ1v) is 8.63. The van der Waals surface area contributed by atoms with Gasteiger partial charge in [0.1, 0.15) is 5.82 Å². The molecule has 2 aromatic carbocycles. The summed E-state index contributed by atoms with van der Waals surface area (Å²) in [6.07, 6.45) is 1.63. The minimum Gasteiger partial charge on any atom is -0.283 e. The zero-order valence-electron chi connectivity index (χ0n) is 12.7. The fourth-order valence-electron chi connectivity index (χ4n) is 2.33. The summed E-state index contributed by atoms with van der Waals surface area (Å²) in [5.41, 5.74) is 0.956. The fraction of sp³-hybridized carbons (Fsp3) is 0.111. The van der Waals surface area contributed by atoms with Crippen LogP contribution >= 0.6 is 23.4 Å². The summed E-state index contributed by atoms with van der Waals surface area (Å²) in [5, 5.41) is 1.47. The first kappa shape index (κ1) is 16.7. The molecule has 3 aromatic rings. The molecule has 0 saturated carbocycles. The summed E-state index contributed by atoms with van der Waals surface area (Å²) in [7, 11) is 0. The average Bonchev–Trinajstić information content (AvgIpc) is 2.58. The van der Waals surface area contributed by atoms with Gasteiger partial charge >= 0.3 is 0 Å². The van der Waals surface area contributed by atoms with Crippen LogP contribution in [0.15, 0.2) is 65.1 Å². The number of allylic oxidation sites excluding steroid dienone is 1. The first-order chi connectivity index (χ1) is 11.6. The van der Waals surface area contributed by atoms with Crippen molar-refractivity contribution in [1.29, 1.82) is 0 Å². The molecule has 0 aliphatic rings. The Labute approximate surface area is 147 Å². The summed E-state index contributed by atoms with van der Waals surface area (Å²) in [4.78, 5) is 17.2. The van der Waals surface area contributed by atoms with E-state index in [0.29, 0.717) is 38.9 Å². The number of rotatable bonds is 5. The van der Waals surface area contributed by atoms with E-state index in [2.05, 4.69) is 11.6 Å². The second-order valence-corrected chi connectivity index (χ2v) is 6.52. The Morgan fingerprint density at radius 1 is 1.29 bits per heavy atom. The molecular formula is C18H14ClFN2OS. The first-order valence-electron chi connectivity index (χ1n) is 7.27. The van der Waals surface area contributed by atoms with Crippen LogP contribution in [0, 0.1) is 5.82 Å². The lowest BCUT2D eigenvalue weighted by atomic mass is 10.2. The fourth-order valence-corrected chi connectivity index (χ4v) is 3.50. The van der Waals surface area contributed by atoms with Gasteiger partial charge in [0.15, 0.2) is 5.16 Å². The molecule has 0 fully saturated rings. The molecule has 0 radical (unpaired) electrons. The van der Waals surface area contributed by atoms with E-state index in [4.69, 9.17) is 11.6 Å². The molecule has 0 amide bonds. The van der Waals surface area contributed by atoms with Crippen molar-refractivity contribution in [3.8, 4) is 0 Å². The monoisotopic (exact) mass is 360 g/mol. The summed E-state index contributed by atoms with van der Waals surface area (Å²) in [6.45, 7) is 4.01. The number of nitrogens with zero attached hydrogens (tertiary/aromatic N) is 2. The van der Waals surface area contributed by atoms with Crippen molar-refractivity contribution in [3.05, 3.63) is 81.9 Å². The molecule has 0 atom stereocenters. The maximum atomic E-state index is 13.8. The molecule has 0 N–H and O–H groups in total. The van der Waals surface area contributed by atoms with Gasteiger partial charge in [-0.15, -0.1) is 6.58 Å². The predicted molar refractivity (Wildman–Crippen MR) is 97.2 cm³/mol. The van der Waals surface area contributed by atoms with Crippen LogP contribution in [-0.4, -0.2) is 9.55 Å². The highest BCUT2D eigenvalue weighted by molar-refractivity contribution is 7.98. The van der Waals surface area contributed by atoms with Crippen LogP contribution in [0.5, 0.6) is 0 Å². The van der Waals surface area contributed by atoms with Crippen molar-refractivity contribution in [2.75, 3.05) is 0 Å². The third-order valence-corrected chi connectivity index (χ3v) is 4.77. The van der Waals surface area contributed by atoms with E-state index in [9.17, 15) is 9.18 Å². The molecule has 0 saturated heterocycles. The number of fused-ring (bicyclic) bond motifs is 1. The van der Waals surface area contributed by atoms with E-state index >= 15 is 0 Å². The van der Waals surface area contributed by atoms with Gasteiger partial charge in [0.25, 0.3) is 5.56 Å². The minimum absolute atomic E-state index is 0.182. The summed E-state index contributed by atoms with van der Waals surface area (Å²) < 4.78 is 15.3. The normalized spacial score (nSPS) is 10.9. The molecule has 0 unspecified atom stereocenters. The molecule has 1 aromatic heterocycles. The van der Waals surface area contributed by atoms with Crippen LogP contribution < -0.4 is 5.56 Å². The molecular weight excluding hydrogens is 347 g/mol. The maximum absolute atomic E-state index is 13.8. The van der Waals surface area contributed by atoms with E-state index in [1.807, 2.05) is 0 Å². The molecule has 24 heavy (non-hydrogen) atoms. The second-order valence-electron chi connectivity index (χ2n) is 5.14. The number of halogens is 2. The quantitative estimate of drug-likeness (QED) is 0.377. The van der Waals surface area contributed by atoms with Crippen LogP contribution in [0.3, 0.4) is 0 Å². The summed E-state index contributed by atoms with van der Waals surface area (Å²) in [5.74, 6) is 0.116. The van der Waals surface area contributed by atoms with Crippen molar-refractivity contribution in [1.82, 2.24) is 9.55 Å². The van der Waals surface area contributed by atoms with Gasteiger partial charge in [-0.25, -0.2) is 9.37 Å². The minimum atomic E-state index is -0.268. The zero-order chi connectivity index (χ0) is 17.1. The van der Waals surface area contributed by atoms with Gasteiger partial charge in [0.05, 0.1) is 10.9 Å². The van der Waals surface area contributed by atoms with Crippen LogP contribution in [-0.2, 0) is 12.3 Å². The van der Waals surface area contributed by atoms with Gasteiger partial charge < -0.3 is 0 Å². The third-order valence-electron chi connectivity index (χ3n) is 3.51. The lowest BCUT2D eigenvalue weighted by Crippen LogP contribution is -2.22. The Kier molecular flexibility index (Phi) is 5.02. The number of hydrogen-bond acceptors (Lipinski definition) is 3. The zero-order valence-corrected chi connectivity index (χ0v) is 14.3. The molecule has 0 spiro atoms. The third kappa shape index (κ3) is 3.37. The molecule has 0 aliphatic heterocycles. The van der Waals surface area contributed by atoms with E-state index in [1.54, 1.807) is 42.5 Å². The van der Waals surface area contributed by atoms with Gasteiger partial charge in [-0.2, -0.15) is 0 Å². The van der Waals surface area contributed by atoms with Crippen LogP contribution in [0.4, 0.5) is 4.39 Å². The number of hydrogen-bond donors (Lipinski definition) is 0. The lowest BCUT2D eigenvalue weighted by Gasteiger charge is -2.12. The molecule has 1 heterocycles. The molecule has 3 rings (SSSR count). The standard InChI is InChI=1S/C18H14ClFN2OS/c1-2-9-22-17(23)14-10-13(19)7-8-16(14)21-18(22)24-11-12-5-3-4-6-15(12)20/h2-8,10H,1,9,11H2. The topological polar surface area (TPSA) is 34.9 Å². The summed E-state index contributed by atoms with van der Waals surface area (Å²) in [6, 6.07) is 11.6. The Balaban J connectivity index is 2.04. The second kappa shape index (κ2) is 7.20. The number of thioether (sulfide) groups is 1. The smallest absolute Gasteiger partial charge is 0.262 e. The van der Waals surface area contributed by atoms with E-state index in [-0.39, 0.29) is 11.4 Å². The maximum Gasteiger partial charge on any atom is 0.262 e. The largest absolute Gasteiger partial charge is 0.283 e. The Morgan fingerprint density at radius 2 is 2.08 bits per heavy atom. The van der Waals surface area contributed by atoms with Crippen molar-refractivity contribution in [2.45, 2.75) is 17.5 Å².